The topological polar surface area (TPSA) is 70.5 Å². The molecule has 1 saturated heterocycles. The second-order valence-electron chi connectivity index (χ2n) is 5.65. The maximum atomic E-state index is 12.7. The van der Waals surface area contributed by atoms with E-state index in [-0.39, 0.29) is 11.9 Å². The summed E-state index contributed by atoms with van der Waals surface area (Å²) in [5.74, 6) is -0.716. The van der Waals surface area contributed by atoms with Crippen molar-refractivity contribution < 1.29 is 14.7 Å². The van der Waals surface area contributed by atoms with Gasteiger partial charge in [0.1, 0.15) is 6.04 Å². The second-order valence-corrected chi connectivity index (χ2v) is 5.65. The van der Waals surface area contributed by atoms with Crippen LogP contribution in [0.3, 0.4) is 0 Å². The van der Waals surface area contributed by atoms with Gasteiger partial charge in [0.15, 0.2) is 0 Å². The fourth-order valence-electron chi connectivity index (χ4n) is 3.62. The molecule has 2 fully saturated rings. The van der Waals surface area contributed by atoms with Crippen LogP contribution in [0.5, 0.6) is 0 Å². The van der Waals surface area contributed by atoms with Gasteiger partial charge < -0.3 is 10.0 Å². The second kappa shape index (κ2) is 5.23. The number of nitrogens with zero attached hydrogens (tertiary/aromatic N) is 2. The molecular weight excluding hydrogens is 256 g/mol. The summed E-state index contributed by atoms with van der Waals surface area (Å²) in [4.78, 5) is 29.7. The van der Waals surface area contributed by atoms with Crippen LogP contribution in [0.2, 0.25) is 0 Å². The van der Waals surface area contributed by atoms with Crippen molar-refractivity contribution in [1.29, 1.82) is 0 Å². The average molecular weight is 274 g/mol. The molecule has 1 aromatic heterocycles. The van der Waals surface area contributed by atoms with Crippen molar-refractivity contribution in [2.24, 2.45) is 5.92 Å². The summed E-state index contributed by atoms with van der Waals surface area (Å²) in [5.41, 5.74) is 0.525. The third-order valence-corrected chi connectivity index (χ3v) is 4.53. The van der Waals surface area contributed by atoms with E-state index in [1.807, 2.05) is 0 Å². The highest BCUT2D eigenvalue weighted by atomic mass is 16.4. The molecule has 2 aliphatic rings. The quantitative estimate of drug-likeness (QED) is 0.894. The van der Waals surface area contributed by atoms with E-state index in [0.717, 1.165) is 25.7 Å². The molecule has 0 bridgehead atoms. The number of carboxylic acids is 1. The first kappa shape index (κ1) is 13.1. The van der Waals surface area contributed by atoms with Gasteiger partial charge in [-0.25, -0.2) is 4.79 Å². The third-order valence-electron chi connectivity index (χ3n) is 4.53. The average Bonchev–Trinajstić information content (AvgIpc) is 2.87. The molecule has 2 heterocycles. The molecule has 20 heavy (non-hydrogen) atoms. The van der Waals surface area contributed by atoms with E-state index in [0.29, 0.717) is 17.9 Å². The predicted molar refractivity (Wildman–Crippen MR) is 72.2 cm³/mol. The number of amides is 1. The summed E-state index contributed by atoms with van der Waals surface area (Å²) < 4.78 is 0. The summed E-state index contributed by atoms with van der Waals surface area (Å²) in [6, 6.07) is 2.71. The number of pyridine rings is 1. The Hall–Kier alpha value is -1.91. The van der Waals surface area contributed by atoms with Crippen LogP contribution in [0.1, 0.15) is 42.5 Å². The van der Waals surface area contributed by atoms with Crippen LogP contribution in [-0.2, 0) is 4.79 Å². The van der Waals surface area contributed by atoms with E-state index in [2.05, 4.69) is 4.98 Å². The van der Waals surface area contributed by atoms with Gasteiger partial charge in [0.05, 0.1) is 0 Å². The van der Waals surface area contributed by atoms with E-state index in [1.165, 1.54) is 0 Å². The summed E-state index contributed by atoms with van der Waals surface area (Å²) in [6.45, 7) is 0. The van der Waals surface area contributed by atoms with E-state index in [9.17, 15) is 14.7 Å². The first-order valence-corrected chi connectivity index (χ1v) is 7.14. The first-order valence-electron chi connectivity index (χ1n) is 7.14. The lowest BCUT2D eigenvalue weighted by atomic mass is 9.84. The Morgan fingerprint density at radius 1 is 1.20 bits per heavy atom. The fourth-order valence-corrected chi connectivity index (χ4v) is 3.62. The highest BCUT2D eigenvalue weighted by Gasteiger charge is 2.47. The number of likely N-dealkylation sites (tertiary alicyclic amines) is 1. The van der Waals surface area contributed by atoms with Gasteiger partial charge in [-0.2, -0.15) is 0 Å². The molecule has 0 radical (unpaired) electrons. The van der Waals surface area contributed by atoms with Gasteiger partial charge >= 0.3 is 5.97 Å². The number of aromatic nitrogens is 1. The minimum atomic E-state index is -0.887. The Bertz CT molecular complexity index is 517. The smallest absolute Gasteiger partial charge is 0.326 e. The van der Waals surface area contributed by atoms with Crippen molar-refractivity contribution >= 4 is 11.9 Å². The molecule has 3 rings (SSSR count). The zero-order valence-corrected chi connectivity index (χ0v) is 11.2. The van der Waals surface area contributed by atoms with Gasteiger partial charge in [-0.1, -0.05) is 12.8 Å². The predicted octanol–water partition coefficient (Wildman–Crippen LogP) is 1.94. The lowest BCUT2D eigenvalue weighted by Gasteiger charge is -2.33. The molecule has 1 N–H and O–H groups in total. The van der Waals surface area contributed by atoms with Crippen LogP contribution in [0, 0.1) is 5.92 Å². The fraction of sp³-hybridized carbons (Fsp3) is 0.533. The van der Waals surface area contributed by atoms with Gasteiger partial charge in [0, 0.05) is 24.0 Å². The van der Waals surface area contributed by atoms with E-state index < -0.39 is 12.0 Å². The number of aliphatic carboxylic acids is 1. The summed E-state index contributed by atoms with van der Waals surface area (Å²) in [7, 11) is 0. The zero-order chi connectivity index (χ0) is 14.1. The lowest BCUT2D eigenvalue weighted by molar-refractivity contribution is -0.141. The monoisotopic (exact) mass is 274 g/mol. The van der Waals surface area contributed by atoms with Gasteiger partial charge in [0.2, 0.25) is 0 Å². The molecule has 1 aliphatic carbocycles. The third kappa shape index (κ3) is 2.17. The number of carbonyl (C=O) groups excluding carboxylic acids is 1. The normalized spacial score (nSPS) is 29.0. The Kier molecular flexibility index (Phi) is 3.42. The number of hydrogen-bond donors (Lipinski definition) is 1. The van der Waals surface area contributed by atoms with Crippen LogP contribution in [0.4, 0.5) is 0 Å². The number of carboxylic acid groups (broad SMARTS) is 1. The van der Waals surface area contributed by atoms with Gasteiger partial charge in [-0.15, -0.1) is 0 Å². The van der Waals surface area contributed by atoms with E-state index in [1.54, 1.807) is 29.4 Å². The summed E-state index contributed by atoms with van der Waals surface area (Å²) in [5, 5.41) is 9.42. The Balaban J connectivity index is 1.91. The highest BCUT2D eigenvalue weighted by molar-refractivity contribution is 5.97. The van der Waals surface area contributed by atoms with Crippen LogP contribution >= 0.6 is 0 Å². The molecule has 1 saturated carbocycles. The highest BCUT2D eigenvalue weighted by Crippen LogP contribution is 2.40. The molecule has 3 atom stereocenters. The first-order chi connectivity index (χ1) is 9.68. The van der Waals surface area contributed by atoms with Gasteiger partial charge in [-0.05, 0) is 37.3 Å². The zero-order valence-electron chi connectivity index (χ0n) is 11.2. The Morgan fingerprint density at radius 2 is 1.90 bits per heavy atom. The summed E-state index contributed by atoms with van der Waals surface area (Å²) >= 11 is 0. The molecule has 5 heteroatoms. The minimum absolute atomic E-state index is 0.0884. The molecule has 0 aromatic carbocycles. The van der Waals surface area contributed by atoms with Crippen molar-refractivity contribution in [1.82, 2.24) is 9.88 Å². The lowest BCUT2D eigenvalue weighted by Crippen LogP contribution is -2.46. The van der Waals surface area contributed by atoms with Gasteiger partial charge in [-0.3, -0.25) is 9.78 Å². The largest absolute Gasteiger partial charge is 0.480 e. The molecule has 1 amide bonds. The van der Waals surface area contributed by atoms with Crippen LogP contribution in [0.15, 0.2) is 24.5 Å². The van der Waals surface area contributed by atoms with E-state index in [4.69, 9.17) is 0 Å². The number of rotatable bonds is 2. The van der Waals surface area contributed by atoms with Crippen LogP contribution in [0.25, 0.3) is 0 Å². The molecule has 1 aromatic rings. The maximum Gasteiger partial charge on any atom is 0.326 e. The van der Waals surface area contributed by atoms with Crippen molar-refractivity contribution in [2.45, 2.75) is 44.2 Å². The van der Waals surface area contributed by atoms with Gasteiger partial charge in [0.25, 0.3) is 5.91 Å². The Morgan fingerprint density at radius 3 is 2.60 bits per heavy atom. The maximum absolute atomic E-state index is 12.7. The van der Waals surface area contributed by atoms with Crippen molar-refractivity contribution in [3.63, 3.8) is 0 Å². The number of hydrogen-bond acceptors (Lipinski definition) is 3. The number of fused-ring (bicyclic) bond motifs is 1. The molecule has 0 spiro atoms. The number of carbonyl (C=O) groups is 2. The van der Waals surface area contributed by atoms with Crippen LogP contribution < -0.4 is 0 Å². The standard InChI is InChI=1S/C15H18N2O3/c18-14(10-5-7-16-8-6-10)17-12-4-2-1-3-11(12)9-13(17)15(19)20/h5-8,11-13H,1-4,9H2,(H,19,20)/t11-,12+,13+/m1/s1. The molecule has 5 nitrogen and oxygen atoms in total. The van der Waals surface area contributed by atoms with Crippen molar-refractivity contribution in [3.8, 4) is 0 Å². The molecule has 106 valence electrons. The van der Waals surface area contributed by atoms with E-state index >= 15 is 0 Å². The van der Waals surface area contributed by atoms with Crippen molar-refractivity contribution in [2.75, 3.05) is 0 Å². The van der Waals surface area contributed by atoms with Crippen LogP contribution in [-0.4, -0.2) is 39.0 Å². The minimum Gasteiger partial charge on any atom is -0.480 e. The Labute approximate surface area is 117 Å². The molecule has 0 unspecified atom stereocenters. The van der Waals surface area contributed by atoms with Crippen molar-refractivity contribution in [3.05, 3.63) is 30.1 Å². The SMILES string of the molecule is O=C(O)[C@@H]1C[C@H]2CCCC[C@@H]2N1C(=O)c1ccncc1. The summed E-state index contributed by atoms with van der Waals surface area (Å²) in [6.07, 6.45) is 7.91. The molecular formula is C15H18N2O3. The molecule has 1 aliphatic heterocycles.